The zero-order valence-corrected chi connectivity index (χ0v) is 12.7. The Morgan fingerprint density at radius 3 is 2.43 bits per heavy atom. The summed E-state index contributed by atoms with van der Waals surface area (Å²) in [5, 5.41) is 15.6. The van der Waals surface area contributed by atoms with Gasteiger partial charge in [-0.05, 0) is 42.0 Å². The van der Waals surface area contributed by atoms with Crippen molar-refractivity contribution in [3.05, 3.63) is 65.7 Å². The number of nitrogens with zero attached hydrogens (tertiary/aromatic N) is 1. The second-order valence-corrected chi connectivity index (χ2v) is 4.31. The minimum atomic E-state index is -0.250. The van der Waals surface area contributed by atoms with Crippen LogP contribution in [0.4, 0.5) is 0 Å². The van der Waals surface area contributed by atoms with E-state index in [2.05, 4.69) is 12.6 Å². The van der Waals surface area contributed by atoms with E-state index in [1.807, 2.05) is 18.2 Å². The normalized spacial score (nSPS) is 8.87. The van der Waals surface area contributed by atoms with Gasteiger partial charge in [0.1, 0.15) is 18.1 Å². The first-order valence-electron chi connectivity index (χ1n) is 6.68. The van der Waals surface area contributed by atoms with Crippen molar-refractivity contribution in [1.82, 2.24) is 0 Å². The first-order chi connectivity index (χ1) is 11.2. The molecule has 118 valence electrons. The van der Waals surface area contributed by atoms with Crippen LogP contribution in [0.5, 0.6) is 11.5 Å². The van der Waals surface area contributed by atoms with Crippen LogP contribution in [-0.4, -0.2) is 18.7 Å². The summed E-state index contributed by atoms with van der Waals surface area (Å²) in [4.78, 5) is 8.36. The number of hydrogen-bond donors (Lipinski definition) is 1. The zero-order chi connectivity index (χ0) is 17.1. The Morgan fingerprint density at radius 1 is 1.26 bits per heavy atom. The van der Waals surface area contributed by atoms with Crippen LogP contribution in [0.2, 0.25) is 0 Å². The van der Waals surface area contributed by atoms with E-state index >= 15 is 0 Å². The lowest BCUT2D eigenvalue weighted by Gasteiger charge is -2.11. The molecule has 0 atom stereocenters. The van der Waals surface area contributed by atoms with Gasteiger partial charge in [0, 0.05) is 5.56 Å². The molecular weight excluding hydrogens is 294 g/mol. The van der Waals surface area contributed by atoms with Crippen molar-refractivity contribution in [2.24, 2.45) is 0 Å². The third kappa shape index (κ3) is 5.56. The molecule has 0 aliphatic heterocycles. The summed E-state index contributed by atoms with van der Waals surface area (Å²) in [7, 11) is 1.63. The number of nitriles is 1. The fourth-order valence-corrected chi connectivity index (χ4v) is 1.83. The highest BCUT2D eigenvalue weighted by Crippen LogP contribution is 2.22. The van der Waals surface area contributed by atoms with E-state index < -0.39 is 0 Å². The molecule has 0 saturated heterocycles. The van der Waals surface area contributed by atoms with Gasteiger partial charge in [-0.25, -0.2) is 0 Å². The maximum absolute atomic E-state index is 8.75. The number of methoxy groups -OCH3 is 1. The van der Waals surface area contributed by atoms with E-state index in [1.54, 1.807) is 37.5 Å². The lowest BCUT2D eigenvalue weighted by molar-refractivity contribution is -0.122. The highest BCUT2D eigenvalue weighted by Gasteiger charge is 2.05. The number of carbonyl (C=O) groups is 1. The molecule has 23 heavy (non-hydrogen) atoms. The van der Waals surface area contributed by atoms with Gasteiger partial charge in [-0.15, -0.1) is 0 Å². The van der Waals surface area contributed by atoms with Gasteiger partial charge in [0.2, 0.25) is 0 Å². The van der Waals surface area contributed by atoms with Crippen LogP contribution in [0.1, 0.15) is 16.7 Å². The van der Waals surface area contributed by atoms with Gasteiger partial charge in [-0.2, -0.15) is 5.26 Å². The molecule has 0 spiro atoms. The van der Waals surface area contributed by atoms with Crippen LogP contribution in [0.25, 0.3) is 6.08 Å². The van der Waals surface area contributed by atoms with Gasteiger partial charge in [-0.1, -0.05) is 18.7 Å². The standard InChI is InChI=1S/C17H15NO2.CH2O2/c1-3-13-6-9-17(19-2)15(10-13)12-20-16-7-4-14(11-18)5-8-16;2-1-3/h3-10H,1,12H2,2H3;1H,(H,2,3). The summed E-state index contributed by atoms with van der Waals surface area (Å²) >= 11 is 0. The molecule has 0 aliphatic rings. The molecule has 1 N–H and O–H groups in total. The molecule has 0 saturated carbocycles. The third-order valence-electron chi connectivity index (χ3n) is 2.92. The van der Waals surface area contributed by atoms with Gasteiger partial charge in [0.15, 0.2) is 0 Å². The molecule has 0 radical (unpaired) electrons. The van der Waals surface area contributed by atoms with Gasteiger partial charge < -0.3 is 14.6 Å². The van der Waals surface area contributed by atoms with Gasteiger partial charge in [0.25, 0.3) is 6.47 Å². The summed E-state index contributed by atoms with van der Waals surface area (Å²) in [5.74, 6) is 1.50. The molecule has 0 fully saturated rings. The summed E-state index contributed by atoms with van der Waals surface area (Å²) in [6.07, 6.45) is 1.78. The Hall–Kier alpha value is -3.26. The van der Waals surface area contributed by atoms with Crippen molar-refractivity contribution >= 4 is 12.5 Å². The Bertz CT molecular complexity index is 687. The summed E-state index contributed by atoms with van der Waals surface area (Å²) in [5.41, 5.74) is 2.59. The molecule has 5 heteroatoms. The zero-order valence-electron chi connectivity index (χ0n) is 12.7. The molecule has 2 aromatic carbocycles. The van der Waals surface area contributed by atoms with Crippen LogP contribution >= 0.6 is 0 Å². The van der Waals surface area contributed by atoms with E-state index in [-0.39, 0.29) is 6.47 Å². The quantitative estimate of drug-likeness (QED) is 0.855. The molecule has 0 unspecified atom stereocenters. The number of carboxylic acid groups (broad SMARTS) is 1. The van der Waals surface area contributed by atoms with E-state index in [0.29, 0.717) is 12.2 Å². The maximum atomic E-state index is 8.75. The molecule has 2 rings (SSSR count). The van der Waals surface area contributed by atoms with E-state index in [4.69, 9.17) is 24.6 Å². The Balaban J connectivity index is 0.000000816. The Morgan fingerprint density at radius 2 is 1.91 bits per heavy atom. The second-order valence-electron chi connectivity index (χ2n) is 4.31. The van der Waals surface area contributed by atoms with Crippen molar-refractivity contribution in [2.75, 3.05) is 7.11 Å². The molecule has 0 amide bonds. The number of hydrogen-bond acceptors (Lipinski definition) is 4. The lowest BCUT2D eigenvalue weighted by atomic mass is 10.1. The second kappa shape index (κ2) is 9.64. The van der Waals surface area contributed by atoms with Crippen molar-refractivity contribution in [3.63, 3.8) is 0 Å². The number of rotatable bonds is 5. The van der Waals surface area contributed by atoms with E-state index in [0.717, 1.165) is 22.6 Å². The molecular formula is C18H17NO4. The lowest BCUT2D eigenvalue weighted by Crippen LogP contribution is -1.99. The average Bonchev–Trinajstić information content (AvgIpc) is 2.60. The summed E-state index contributed by atoms with van der Waals surface area (Å²) in [6.45, 7) is 3.90. The average molecular weight is 311 g/mol. The number of ether oxygens (including phenoxy) is 2. The fraction of sp³-hybridized carbons (Fsp3) is 0.111. The van der Waals surface area contributed by atoms with Crippen LogP contribution in [0.3, 0.4) is 0 Å². The van der Waals surface area contributed by atoms with Crippen LogP contribution in [0.15, 0.2) is 49.0 Å². The smallest absolute Gasteiger partial charge is 0.290 e. The highest BCUT2D eigenvalue weighted by molar-refractivity contribution is 5.51. The summed E-state index contributed by atoms with van der Waals surface area (Å²) in [6, 6.07) is 14.9. The molecule has 0 aliphatic carbocycles. The third-order valence-corrected chi connectivity index (χ3v) is 2.92. The van der Waals surface area contributed by atoms with Crippen LogP contribution in [-0.2, 0) is 11.4 Å². The van der Waals surface area contributed by atoms with Gasteiger partial charge in [-0.3, -0.25) is 4.79 Å². The number of benzene rings is 2. The Kier molecular flexibility index (Phi) is 7.45. The van der Waals surface area contributed by atoms with Crippen molar-refractivity contribution in [3.8, 4) is 17.6 Å². The molecule has 0 aromatic heterocycles. The largest absolute Gasteiger partial charge is 0.496 e. The van der Waals surface area contributed by atoms with Crippen molar-refractivity contribution in [2.45, 2.75) is 6.61 Å². The fourth-order valence-electron chi connectivity index (χ4n) is 1.83. The van der Waals surface area contributed by atoms with Gasteiger partial charge >= 0.3 is 0 Å². The maximum Gasteiger partial charge on any atom is 0.290 e. The minimum absolute atomic E-state index is 0.250. The van der Waals surface area contributed by atoms with E-state index in [9.17, 15) is 0 Å². The Labute approximate surface area is 135 Å². The van der Waals surface area contributed by atoms with Crippen LogP contribution < -0.4 is 9.47 Å². The predicted molar refractivity (Wildman–Crippen MR) is 87.3 cm³/mol. The molecule has 2 aromatic rings. The minimum Gasteiger partial charge on any atom is -0.496 e. The topological polar surface area (TPSA) is 79.5 Å². The summed E-state index contributed by atoms with van der Waals surface area (Å²) < 4.78 is 11.0. The molecule has 0 bridgehead atoms. The SMILES string of the molecule is C=Cc1ccc(OC)c(COc2ccc(C#N)cc2)c1.O=CO. The predicted octanol–water partition coefficient (Wildman–Crippen LogP) is 3.49. The monoisotopic (exact) mass is 311 g/mol. The van der Waals surface area contributed by atoms with Crippen molar-refractivity contribution in [1.29, 1.82) is 5.26 Å². The first-order valence-corrected chi connectivity index (χ1v) is 6.68. The molecule has 0 heterocycles. The van der Waals surface area contributed by atoms with Gasteiger partial charge in [0.05, 0.1) is 18.7 Å². The van der Waals surface area contributed by atoms with E-state index in [1.165, 1.54) is 0 Å². The molecule has 5 nitrogen and oxygen atoms in total. The first kappa shape index (κ1) is 17.8. The van der Waals surface area contributed by atoms with Crippen LogP contribution in [0, 0.1) is 11.3 Å². The van der Waals surface area contributed by atoms with Crippen molar-refractivity contribution < 1.29 is 19.4 Å². The highest BCUT2D eigenvalue weighted by atomic mass is 16.5.